The molecular formula is C18H23FN4O. The van der Waals surface area contributed by atoms with Gasteiger partial charge < -0.3 is 10.2 Å². The van der Waals surface area contributed by atoms with Crippen molar-refractivity contribution in [3.63, 3.8) is 0 Å². The zero-order valence-corrected chi connectivity index (χ0v) is 14.1. The van der Waals surface area contributed by atoms with Gasteiger partial charge in [-0.3, -0.25) is 9.89 Å². The lowest BCUT2D eigenvalue weighted by atomic mass is 9.85. The number of aryl methyl sites for hydroxylation is 1. The molecule has 0 saturated heterocycles. The number of carbonyl (C=O) groups excluding carboxylic acids is 1. The van der Waals surface area contributed by atoms with Crippen LogP contribution in [0.2, 0.25) is 0 Å². The Kier molecular flexibility index (Phi) is 4.94. The summed E-state index contributed by atoms with van der Waals surface area (Å²) in [5, 5.41) is 10.4. The van der Waals surface area contributed by atoms with Gasteiger partial charge in [0.1, 0.15) is 5.82 Å². The number of halogens is 1. The summed E-state index contributed by atoms with van der Waals surface area (Å²) >= 11 is 0. The molecule has 1 aromatic carbocycles. The molecule has 128 valence electrons. The molecule has 0 saturated carbocycles. The van der Waals surface area contributed by atoms with Crippen molar-refractivity contribution < 1.29 is 9.18 Å². The maximum atomic E-state index is 13.5. The first kappa shape index (κ1) is 16.6. The van der Waals surface area contributed by atoms with Gasteiger partial charge in [-0.1, -0.05) is 12.1 Å². The summed E-state index contributed by atoms with van der Waals surface area (Å²) in [6.45, 7) is 1.47. The minimum Gasteiger partial charge on any atom is -0.355 e. The van der Waals surface area contributed by atoms with Gasteiger partial charge in [0, 0.05) is 35.8 Å². The molecule has 5 nitrogen and oxygen atoms in total. The third-order valence-electron chi connectivity index (χ3n) is 4.47. The standard InChI is InChI=1S/C18H23FN4O/c1-23(2)9-8-20-18(24)13-6-7-16-15(11-13)17(22-21-16)12-4-3-5-14(19)10-12/h3-5,10,13H,6-9,11H2,1-2H3,(H,20,24)(H,21,22). The highest BCUT2D eigenvalue weighted by atomic mass is 19.1. The second-order valence-electron chi connectivity index (χ2n) is 6.57. The van der Waals surface area contributed by atoms with Crippen molar-refractivity contribution in [2.75, 3.05) is 27.2 Å². The lowest BCUT2D eigenvalue weighted by molar-refractivity contribution is -0.125. The first-order valence-electron chi connectivity index (χ1n) is 8.29. The van der Waals surface area contributed by atoms with Gasteiger partial charge in [0.25, 0.3) is 0 Å². The largest absolute Gasteiger partial charge is 0.355 e. The molecule has 2 aromatic rings. The van der Waals surface area contributed by atoms with Crippen molar-refractivity contribution in [1.82, 2.24) is 20.4 Å². The van der Waals surface area contributed by atoms with E-state index < -0.39 is 0 Å². The van der Waals surface area contributed by atoms with E-state index in [0.29, 0.717) is 13.0 Å². The van der Waals surface area contributed by atoms with Gasteiger partial charge in [-0.25, -0.2) is 4.39 Å². The number of aromatic nitrogens is 2. The lowest BCUT2D eigenvalue weighted by Crippen LogP contribution is -2.37. The summed E-state index contributed by atoms with van der Waals surface area (Å²) < 4.78 is 13.5. The van der Waals surface area contributed by atoms with Crippen molar-refractivity contribution in [2.45, 2.75) is 19.3 Å². The predicted molar refractivity (Wildman–Crippen MR) is 91.1 cm³/mol. The number of benzene rings is 1. The third kappa shape index (κ3) is 3.64. The van der Waals surface area contributed by atoms with Gasteiger partial charge >= 0.3 is 0 Å². The predicted octanol–water partition coefficient (Wildman–Crippen LogP) is 2.00. The van der Waals surface area contributed by atoms with Crippen LogP contribution in [0, 0.1) is 11.7 Å². The maximum absolute atomic E-state index is 13.5. The molecule has 0 bridgehead atoms. The normalized spacial score (nSPS) is 16.9. The quantitative estimate of drug-likeness (QED) is 0.881. The third-order valence-corrected chi connectivity index (χ3v) is 4.47. The molecule has 0 fully saturated rings. The number of H-pyrrole nitrogens is 1. The Hall–Kier alpha value is -2.21. The Bertz CT molecular complexity index is 726. The second-order valence-corrected chi connectivity index (χ2v) is 6.57. The van der Waals surface area contributed by atoms with Crippen molar-refractivity contribution in [3.8, 4) is 11.3 Å². The van der Waals surface area contributed by atoms with Crippen LogP contribution in [0.15, 0.2) is 24.3 Å². The molecule has 3 rings (SSSR count). The van der Waals surface area contributed by atoms with Crippen LogP contribution in [0.1, 0.15) is 17.7 Å². The van der Waals surface area contributed by atoms with Crippen LogP contribution in [0.25, 0.3) is 11.3 Å². The Balaban J connectivity index is 1.73. The molecule has 0 aliphatic heterocycles. The van der Waals surface area contributed by atoms with Crippen molar-refractivity contribution >= 4 is 5.91 Å². The summed E-state index contributed by atoms with van der Waals surface area (Å²) in [4.78, 5) is 14.4. The monoisotopic (exact) mass is 330 g/mol. The minimum atomic E-state index is -0.280. The topological polar surface area (TPSA) is 61.0 Å². The number of rotatable bonds is 5. The fourth-order valence-corrected chi connectivity index (χ4v) is 3.14. The number of aromatic amines is 1. The van der Waals surface area contributed by atoms with Crippen molar-refractivity contribution in [1.29, 1.82) is 0 Å². The summed E-state index contributed by atoms with van der Waals surface area (Å²) in [6.07, 6.45) is 2.25. The van der Waals surface area contributed by atoms with Crippen LogP contribution in [-0.2, 0) is 17.6 Å². The SMILES string of the molecule is CN(C)CCNC(=O)C1CCc2[nH]nc(-c3cccc(F)c3)c2C1. The molecule has 1 heterocycles. The maximum Gasteiger partial charge on any atom is 0.223 e. The average Bonchev–Trinajstić information content (AvgIpc) is 2.97. The Morgan fingerprint density at radius 2 is 2.29 bits per heavy atom. The minimum absolute atomic E-state index is 0.0513. The summed E-state index contributed by atoms with van der Waals surface area (Å²) in [5.74, 6) is -0.239. The van der Waals surface area contributed by atoms with Crippen LogP contribution in [0.4, 0.5) is 4.39 Å². The van der Waals surface area contributed by atoms with Gasteiger partial charge in [0.05, 0.1) is 5.69 Å². The number of amides is 1. The number of nitrogens with one attached hydrogen (secondary N) is 2. The first-order chi connectivity index (χ1) is 11.5. The summed E-state index contributed by atoms with van der Waals surface area (Å²) in [5.41, 5.74) is 3.61. The second kappa shape index (κ2) is 7.13. The van der Waals surface area contributed by atoms with E-state index >= 15 is 0 Å². The van der Waals surface area contributed by atoms with Gasteiger partial charge in [-0.15, -0.1) is 0 Å². The molecule has 6 heteroatoms. The van der Waals surface area contributed by atoms with E-state index in [4.69, 9.17) is 0 Å². The fourth-order valence-electron chi connectivity index (χ4n) is 3.14. The van der Waals surface area contributed by atoms with Gasteiger partial charge in [-0.2, -0.15) is 5.10 Å². The Morgan fingerprint density at radius 1 is 1.46 bits per heavy atom. The number of hydrogen-bond donors (Lipinski definition) is 2. The van der Waals surface area contributed by atoms with E-state index in [2.05, 4.69) is 15.5 Å². The molecule has 1 atom stereocenters. The van der Waals surface area contributed by atoms with Crippen LogP contribution < -0.4 is 5.32 Å². The van der Waals surface area contributed by atoms with E-state index in [9.17, 15) is 9.18 Å². The molecule has 0 radical (unpaired) electrons. The van der Waals surface area contributed by atoms with Crippen LogP contribution in [0.5, 0.6) is 0 Å². The molecule has 1 aliphatic carbocycles. The number of fused-ring (bicyclic) bond motifs is 1. The fraction of sp³-hybridized carbons (Fsp3) is 0.444. The molecule has 1 amide bonds. The molecule has 1 aliphatic rings. The molecular weight excluding hydrogens is 307 g/mol. The van der Waals surface area contributed by atoms with Gasteiger partial charge in [-0.05, 0) is 45.5 Å². The van der Waals surface area contributed by atoms with Crippen molar-refractivity contribution in [3.05, 3.63) is 41.3 Å². The highest BCUT2D eigenvalue weighted by Crippen LogP contribution is 2.32. The van der Waals surface area contributed by atoms with Crippen LogP contribution >= 0.6 is 0 Å². The lowest BCUT2D eigenvalue weighted by Gasteiger charge is -2.22. The van der Waals surface area contributed by atoms with E-state index in [-0.39, 0.29) is 17.6 Å². The number of nitrogens with zero attached hydrogens (tertiary/aromatic N) is 2. The first-order valence-corrected chi connectivity index (χ1v) is 8.29. The molecule has 0 spiro atoms. The van der Waals surface area contributed by atoms with E-state index in [1.807, 2.05) is 25.1 Å². The highest BCUT2D eigenvalue weighted by molar-refractivity contribution is 5.80. The van der Waals surface area contributed by atoms with E-state index in [1.54, 1.807) is 6.07 Å². The smallest absolute Gasteiger partial charge is 0.223 e. The van der Waals surface area contributed by atoms with Crippen LogP contribution in [-0.4, -0.2) is 48.2 Å². The number of carbonyl (C=O) groups is 1. The Morgan fingerprint density at radius 3 is 3.04 bits per heavy atom. The molecule has 1 aromatic heterocycles. The number of hydrogen-bond acceptors (Lipinski definition) is 3. The van der Waals surface area contributed by atoms with Gasteiger partial charge in [0.15, 0.2) is 0 Å². The zero-order chi connectivity index (χ0) is 17.1. The Labute approximate surface area is 141 Å². The highest BCUT2D eigenvalue weighted by Gasteiger charge is 2.28. The molecule has 1 unspecified atom stereocenters. The van der Waals surface area contributed by atoms with E-state index in [0.717, 1.165) is 41.9 Å². The summed E-state index contributed by atoms with van der Waals surface area (Å²) in [6, 6.07) is 6.43. The molecule has 24 heavy (non-hydrogen) atoms. The van der Waals surface area contributed by atoms with Gasteiger partial charge in [0.2, 0.25) is 5.91 Å². The van der Waals surface area contributed by atoms with E-state index in [1.165, 1.54) is 12.1 Å². The average molecular weight is 330 g/mol. The van der Waals surface area contributed by atoms with Crippen molar-refractivity contribution in [2.24, 2.45) is 5.92 Å². The molecule has 2 N–H and O–H groups in total. The zero-order valence-electron chi connectivity index (χ0n) is 14.1. The number of likely N-dealkylation sites (N-methyl/N-ethyl adjacent to an activating group) is 1. The van der Waals surface area contributed by atoms with Crippen LogP contribution in [0.3, 0.4) is 0 Å². The summed E-state index contributed by atoms with van der Waals surface area (Å²) in [7, 11) is 3.96.